The molecule has 1 aromatic rings. The molecule has 2 rings (SSSR count). The molecule has 0 spiro atoms. The topological polar surface area (TPSA) is 94.1 Å². The van der Waals surface area contributed by atoms with E-state index >= 15 is 0 Å². The molecule has 0 saturated heterocycles. The summed E-state index contributed by atoms with van der Waals surface area (Å²) in [5.74, 6) is -1.06. The maximum atomic E-state index is 11.6. The Balaban J connectivity index is 2.01. The summed E-state index contributed by atoms with van der Waals surface area (Å²) in [6.07, 6.45) is 2.60. The Hall–Kier alpha value is -1.88. The maximum Gasteiger partial charge on any atom is 0.338 e. The van der Waals surface area contributed by atoms with Crippen LogP contribution in [0.25, 0.3) is 0 Å². The second-order valence-electron chi connectivity index (χ2n) is 5.68. The van der Waals surface area contributed by atoms with Crippen molar-refractivity contribution in [1.29, 1.82) is 0 Å². The third-order valence-electron chi connectivity index (χ3n) is 4.27. The van der Waals surface area contributed by atoms with Crippen LogP contribution in [0.2, 0.25) is 0 Å². The van der Waals surface area contributed by atoms with Crippen LogP contribution in [-0.4, -0.2) is 24.1 Å². The van der Waals surface area contributed by atoms with Crippen molar-refractivity contribution in [1.82, 2.24) is 0 Å². The molecule has 5 nitrogen and oxygen atoms in total. The molecular weight excluding hydrogens is 270 g/mol. The fourth-order valence-electron chi connectivity index (χ4n) is 2.81. The highest BCUT2D eigenvalue weighted by molar-refractivity contribution is 5.89. The van der Waals surface area contributed by atoms with Crippen LogP contribution in [0.4, 0.5) is 0 Å². The second-order valence-corrected chi connectivity index (χ2v) is 5.68. The van der Waals surface area contributed by atoms with E-state index in [0.717, 1.165) is 18.4 Å². The number of quaternary nitrogens is 1. The van der Waals surface area contributed by atoms with Crippen LogP contribution in [0.3, 0.4) is 0 Å². The molecule has 1 aliphatic rings. The van der Waals surface area contributed by atoms with Gasteiger partial charge < -0.3 is 20.4 Å². The molecule has 0 atom stereocenters. The molecule has 0 radical (unpaired) electrons. The van der Waals surface area contributed by atoms with E-state index in [1.807, 2.05) is 12.1 Å². The minimum absolute atomic E-state index is 0.315. The summed E-state index contributed by atoms with van der Waals surface area (Å²) in [5, 5.41) is 11.1. The van der Waals surface area contributed by atoms with Crippen molar-refractivity contribution in [3.8, 4) is 0 Å². The number of rotatable bonds is 4. The van der Waals surface area contributed by atoms with E-state index < -0.39 is 11.5 Å². The monoisotopic (exact) mass is 291 g/mol. The van der Waals surface area contributed by atoms with Crippen molar-refractivity contribution in [2.45, 2.75) is 44.1 Å². The Morgan fingerprint density at radius 3 is 2.33 bits per heavy atom. The number of esters is 1. The van der Waals surface area contributed by atoms with Gasteiger partial charge in [0.1, 0.15) is 11.5 Å². The van der Waals surface area contributed by atoms with Crippen molar-refractivity contribution in [2.75, 3.05) is 6.61 Å². The van der Waals surface area contributed by atoms with Gasteiger partial charge >= 0.3 is 5.97 Å². The third-order valence-corrected chi connectivity index (χ3v) is 4.27. The Morgan fingerprint density at radius 2 is 1.86 bits per heavy atom. The van der Waals surface area contributed by atoms with Gasteiger partial charge in [-0.1, -0.05) is 12.1 Å². The summed E-state index contributed by atoms with van der Waals surface area (Å²) in [5.41, 5.74) is 4.52. The lowest BCUT2D eigenvalue weighted by Crippen LogP contribution is -2.80. The van der Waals surface area contributed by atoms with E-state index in [2.05, 4.69) is 5.73 Å². The number of benzene rings is 1. The quantitative estimate of drug-likeness (QED) is 0.805. The van der Waals surface area contributed by atoms with Crippen molar-refractivity contribution in [2.24, 2.45) is 0 Å². The molecule has 0 aliphatic heterocycles. The molecule has 1 fully saturated rings. The molecule has 0 heterocycles. The van der Waals surface area contributed by atoms with Gasteiger partial charge in [-0.2, -0.15) is 0 Å². The van der Waals surface area contributed by atoms with Gasteiger partial charge in [0.05, 0.1) is 12.2 Å². The highest BCUT2D eigenvalue weighted by Crippen LogP contribution is 2.35. The first-order valence-corrected chi connectivity index (χ1v) is 7.30. The average Bonchev–Trinajstić information content (AvgIpc) is 2.48. The van der Waals surface area contributed by atoms with Crippen molar-refractivity contribution >= 4 is 11.9 Å². The van der Waals surface area contributed by atoms with Gasteiger partial charge in [0, 0.05) is 12.8 Å². The van der Waals surface area contributed by atoms with E-state index in [9.17, 15) is 14.7 Å². The Labute approximate surface area is 124 Å². The number of carboxylic acid groups (broad SMARTS) is 1. The standard InChI is InChI=1S/C16H21NO4/c1-2-21-14(18)13-5-3-11(4-6-13)12-7-9-16(17,10-8-12)15(19)20/h3-6,12H,2,7-10,17H2,1H3,(H,19,20). The van der Waals surface area contributed by atoms with Crippen molar-refractivity contribution in [3.63, 3.8) is 0 Å². The van der Waals surface area contributed by atoms with Gasteiger partial charge in [-0.05, 0) is 43.4 Å². The van der Waals surface area contributed by atoms with Gasteiger partial charge in [0.2, 0.25) is 0 Å². The van der Waals surface area contributed by atoms with Crippen molar-refractivity contribution in [3.05, 3.63) is 35.4 Å². The second kappa shape index (κ2) is 6.26. The average molecular weight is 291 g/mol. The van der Waals surface area contributed by atoms with Crippen LogP contribution in [0, 0.1) is 0 Å². The predicted octanol–water partition coefficient (Wildman–Crippen LogP) is 0.252. The fourth-order valence-corrected chi connectivity index (χ4v) is 2.81. The molecule has 0 amide bonds. The molecule has 3 N–H and O–H groups in total. The Kier molecular flexibility index (Phi) is 4.63. The van der Waals surface area contributed by atoms with Crippen LogP contribution < -0.4 is 10.8 Å². The van der Waals surface area contributed by atoms with Gasteiger partial charge in [0.25, 0.3) is 0 Å². The number of ether oxygens (including phenoxy) is 1. The summed E-state index contributed by atoms with van der Waals surface area (Å²) in [6, 6.07) is 7.37. The van der Waals surface area contributed by atoms with Gasteiger partial charge in [-0.3, -0.25) is 0 Å². The molecule has 0 aromatic heterocycles. The summed E-state index contributed by atoms with van der Waals surface area (Å²) >= 11 is 0. The van der Waals surface area contributed by atoms with Crippen molar-refractivity contribution < 1.29 is 25.2 Å². The molecule has 1 aliphatic carbocycles. The van der Waals surface area contributed by atoms with E-state index in [4.69, 9.17) is 4.74 Å². The zero-order chi connectivity index (χ0) is 15.5. The number of carboxylic acids is 1. The summed E-state index contributed by atoms with van der Waals surface area (Å²) < 4.78 is 4.95. The number of carbonyl (C=O) groups is 2. The van der Waals surface area contributed by atoms with E-state index in [1.54, 1.807) is 19.1 Å². The van der Waals surface area contributed by atoms with Crippen LogP contribution in [0.15, 0.2) is 24.3 Å². The zero-order valence-corrected chi connectivity index (χ0v) is 12.3. The lowest BCUT2D eigenvalue weighted by atomic mass is 9.74. The summed E-state index contributed by atoms with van der Waals surface area (Å²) in [4.78, 5) is 22.7. The normalized spacial score (nSPS) is 25.3. The molecule has 1 aromatic carbocycles. The minimum Gasteiger partial charge on any atom is -0.544 e. The summed E-state index contributed by atoms with van der Waals surface area (Å²) in [7, 11) is 0. The molecule has 0 bridgehead atoms. The van der Waals surface area contributed by atoms with E-state index in [0.29, 0.717) is 30.9 Å². The zero-order valence-electron chi connectivity index (χ0n) is 12.3. The summed E-state index contributed by atoms with van der Waals surface area (Å²) in [6.45, 7) is 2.13. The Bertz CT molecular complexity index is 516. The Morgan fingerprint density at radius 1 is 1.29 bits per heavy atom. The lowest BCUT2D eigenvalue weighted by Gasteiger charge is -2.34. The smallest absolute Gasteiger partial charge is 0.338 e. The third kappa shape index (κ3) is 3.42. The van der Waals surface area contributed by atoms with Crippen LogP contribution in [0.1, 0.15) is 54.4 Å². The highest BCUT2D eigenvalue weighted by atomic mass is 16.5. The van der Waals surface area contributed by atoms with Gasteiger partial charge in [-0.25, -0.2) is 4.79 Å². The number of carbonyl (C=O) groups excluding carboxylic acids is 2. The van der Waals surface area contributed by atoms with Gasteiger partial charge in [-0.15, -0.1) is 0 Å². The molecule has 5 heteroatoms. The first-order chi connectivity index (χ1) is 9.96. The molecule has 21 heavy (non-hydrogen) atoms. The van der Waals surface area contributed by atoms with E-state index in [-0.39, 0.29) is 5.97 Å². The molecule has 0 unspecified atom stereocenters. The number of hydrogen-bond donors (Lipinski definition) is 1. The largest absolute Gasteiger partial charge is 0.544 e. The number of aliphatic carboxylic acids is 1. The number of hydrogen-bond acceptors (Lipinski definition) is 4. The lowest BCUT2D eigenvalue weighted by molar-refractivity contribution is -0.492. The minimum atomic E-state index is -1.06. The predicted molar refractivity (Wildman–Crippen MR) is 74.2 cm³/mol. The first-order valence-electron chi connectivity index (χ1n) is 7.30. The van der Waals surface area contributed by atoms with Gasteiger partial charge in [0.15, 0.2) is 0 Å². The fraction of sp³-hybridized carbons (Fsp3) is 0.500. The van der Waals surface area contributed by atoms with Crippen LogP contribution >= 0.6 is 0 Å². The maximum absolute atomic E-state index is 11.6. The van der Waals surface area contributed by atoms with E-state index in [1.165, 1.54) is 0 Å². The highest BCUT2D eigenvalue weighted by Gasteiger charge is 2.36. The molecule has 1 saturated carbocycles. The SMILES string of the molecule is CCOC(=O)c1ccc(C2CCC([NH3+])(C(=O)[O-])CC2)cc1. The molecular formula is C16H21NO4. The van der Waals surface area contributed by atoms with Crippen LogP contribution in [0.5, 0.6) is 0 Å². The molecule has 114 valence electrons. The first kappa shape index (κ1) is 15.5. The van der Waals surface area contributed by atoms with Crippen LogP contribution in [-0.2, 0) is 9.53 Å².